The first-order chi connectivity index (χ1) is 13.2. The highest BCUT2D eigenvalue weighted by molar-refractivity contribution is 5.80. The molecule has 1 saturated carbocycles. The first kappa shape index (κ1) is 17.3. The van der Waals surface area contributed by atoms with Gasteiger partial charge in [0, 0.05) is 5.92 Å². The number of nitrogens with one attached hydrogen (secondary N) is 1. The number of hydrogen-bond acceptors (Lipinski definition) is 5. The third-order valence-corrected chi connectivity index (χ3v) is 4.48. The summed E-state index contributed by atoms with van der Waals surface area (Å²) in [4.78, 5) is 16.5. The fraction of sp³-hybridized carbons (Fsp3) is 0.286. The van der Waals surface area contributed by atoms with E-state index in [9.17, 15) is 4.79 Å². The number of rotatable bonds is 7. The fourth-order valence-electron chi connectivity index (χ4n) is 2.77. The van der Waals surface area contributed by atoms with Gasteiger partial charge in [0.1, 0.15) is 5.75 Å². The molecule has 0 spiro atoms. The summed E-state index contributed by atoms with van der Waals surface area (Å²) in [6.45, 7) is 1.92. The summed E-state index contributed by atoms with van der Waals surface area (Å²) in [5, 5.41) is 6.70. The lowest BCUT2D eigenvalue weighted by Gasteiger charge is -2.14. The van der Waals surface area contributed by atoms with Crippen molar-refractivity contribution in [3.8, 4) is 16.9 Å². The van der Waals surface area contributed by atoms with E-state index in [1.807, 2.05) is 42.5 Å². The SMILES string of the molecule is C[C@@H](Oc1ccc(-c2ccccc2)cc1)C(=O)NCc1nc(C2CC2)no1. The van der Waals surface area contributed by atoms with Crippen LogP contribution in [0.25, 0.3) is 11.1 Å². The summed E-state index contributed by atoms with van der Waals surface area (Å²) in [5.41, 5.74) is 2.24. The molecule has 4 rings (SSSR count). The van der Waals surface area contributed by atoms with E-state index in [0.29, 0.717) is 17.6 Å². The first-order valence-electron chi connectivity index (χ1n) is 9.11. The molecule has 0 bridgehead atoms. The molecule has 2 aromatic carbocycles. The van der Waals surface area contributed by atoms with Crippen LogP contribution < -0.4 is 10.1 Å². The maximum Gasteiger partial charge on any atom is 0.261 e. The van der Waals surface area contributed by atoms with Crippen molar-refractivity contribution in [2.45, 2.75) is 38.3 Å². The van der Waals surface area contributed by atoms with Gasteiger partial charge in [-0.3, -0.25) is 4.79 Å². The van der Waals surface area contributed by atoms with Gasteiger partial charge in [-0.25, -0.2) is 0 Å². The van der Waals surface area contributed by atoms with Gasteiger partial charge in [-0.1, -0.05) is 47.6 Å². The minimum Gasteiger partial charge on any atom is -0.481 e. The van der Waals surface area contributed by atoms with Gasteiger partial charge >= 0.3 is 0 Å². The van der Waals surface area contributed by atoms with Crippen molar-refractivity contribution in [2.24, 2.45) is 0 Å². The van der Waals surface area contributed by atoms with E-state index in [1.165, 1.54) is 0 Å². The summed E-state index contributed by atoms with van der Waals surface area (Å²) in [6, 6.07) is 17.8. The zero-order chi connectivity index (χ0) is 18.6. The van der Waals surface area contributed by atoms with Crippen LogP contribution in [0.4, 0.5) is 0 Å². The van der Waals surface area contributed by atoms with Crippen LogP contribution in [-0.4, -0.2) is 22.2 Å². The Bertz CT molecular complexity index is 902. The zero-order valence-corrected chi connectivity index (χ0v) is 15.1. The zero-order valence-electron chi connectivity index (χ0n) is 15.1. The van der Waals surface area contributed by atoms with E-state index < -0.39 is 6.10 Å². The topological polar surface area (TPSA) is 77.2 Å². The van der Waals surface area contributed by atoms with Crippen LogP contribution in [0.1, 0.15) is 37.4 Å². The number of carbonyl (C=O) groups excluding carboxylic acids is 1. The first-order valence-corrected chi connectivity index (χ1v) is 9.11. The van der Waals surface area contributed by atoms with E-state index >= 15 is 0 Å². The molecular weight excluding hydrogens is 342 g/mol. The Morgan fingerprint density at radius 2 is 1.85 bits per heavy atom. The van der Waals surface area contributed by atoms with Crippen molar-refractivity contribution in [2.75, 3.05) is 0 Å². The third kappa shape index (κ3) is 4.34. The average Bonchev–Trinajstić information content (AvgIpc) is 3.45. The molecule has 27 heavy (non-hydrogen) atoms. The molecule has 1 aliphatic rings. The summed E-state index contributed by atoms with van der Waals surface area (Å²) >= 11 is 0. The Balaban J connectivity index is 1.29. The van der Waals surface area contributed by atoms with E-state index in [0.717, 1.165) is 29.8 Å². The lowest BCUT2D eigenvalue weighted by molar-refractivity contribution is -0.127. The molecule has 1 atom stereocenters. The lowest BCUT2D eigenvalue weighted by atomic mass is 10.1. The second kappa shape index (κ2) is 7.61. The van der Waals surface area contributed by atoms with Gasteiger partial charge in [0.15, 0.2) is 11.9 Å². The van der Waals surface area contributed by atoms with Gasteiger partial charge in [0.2, 0.25) is 5.89 Å². The maximum absolute atomic E-state index is 12.2. The van der Waals surface area contributed by atoms with E-state index in [2.05, 4.69) is 27.6 Å². The molecule has 0 saturated heterocycles. The van der Waals surface area contributed by atoms with Gasteiger partial charge in [0.25, 0.3) is 5.91 Å². The van der Waals surface area contributed by atoms with Crippen molar-refractivity contribution in [1.82, 2.24) is 15.5 Å². The predicted molar refractivity (Wildman–Crippen MR) is 100 cm³/mol. The highest BCUT2D eigenvalue weighted by Gasteiger charge is 2.28. The molecule has 1 aromatic heterocycles. The van der Waals surface area contributed by atoms with Crippen LogP contribution in [0, 0.1) is 0 Å². The number of aromatic nitrogens is 2. The smallest absolute Gasteiger partial charge is 0.261 e. The van der Waals surface area contributed by atoms with Crippen molar-refractivity contribution in [3.05, 3.63) is 66.3 Å². The summed E-state index contributed by atoms with van der Waals surface area (Å²) < 4.78 is 10.9. The largest absolute Gasteiger partial charge is 0.481 e. The Labute approximate surface area is 157 Å². The number of benzene rings is 2. The summed E-state index contributed by atoms with van der Waals surface area (Å²) in [5.74, 6) is 2.01. The van der Waals surface area contributed by atoms with Crippen molar-refractivity contribution >= 4 is 5.91 Å². The molecule has 1 N–H and O–H groups in total. The van der Waals surface area contributed by atoms with Crippen LogP contribution >= 0.6 is 0 Å². The molecule has 0 unspecified atom stereocenters. The molecule has 1 fully saturated rings. The number of ether oxygens (including phenoxy) is 1. The Kier molecular flexibility index (Phi) is 4.87. The van der Waals surface area contributed by atoms with Crippen LogP contribution in [-0.2, 0) is 11.3 Å². The van der Waals surface area contributed by atoms with Crippen LogP contribution in [0.15, 0.2) is 59.1 Å². The van der Waals surface area contributed by atoms with Gasteiger partial charge in [-0.05, 0) is 43.0 Å². The molecule has 0 aliphatic heterocycles. The minimum absolute atomic E-state index is 0.208. The van der Waals surface area contributed by atoms with Crippen molar-refractivity contribution < 1.29 is 14.1 Å². The normalized spacial score (nSPS) is 14.6. The van der Waals surface area contributed by atoms with Gasteiger partial charge in [0.05, 0.1) is 6.54 Å². The molecule has 1 aliphatic carbocycles. The molecule has 6 heteroatoms. The number of amides is 1. The van der Waals surface area contributed by atoms with Crippen molar-refractivity contribution in [3.63, 3.8) is 0 Å². The standard InChI is InChI=1S/C21H21N3O3/c1-14(21(25)22-13-19-23-20(24-27-19)17-7-8-17)26-18-11-9-16(10-12-18)15-5-3-2-4-6-15/h2-6,9-12,14,17H,7-8,13H2,1H3,(H,22,25)/t14-/m1/s1. The average molecular weight is 363 g/mol. The molecule has 1 amide bonds. The number of nitrogens with zero attached hydrogens (tertiary/aromatic N) is 2. The molecule has 3 aromatic rings. The molecule has 1 heterocycles. The lowest BCUT2D eigenvalue weighted by Crippen LogP contribution is -2.36. The van der Waals surface area contributed by atoms with Gasteiger partial charge in [-0.2, -0.15) is 4.98 Å². The quantitative estimate of drug-likeness (QED) is 0.693. The van der Waals surface area contributed by atoms with E-state index in [1.54, 1.807) is 6.92 Å². The number of hydrogen-bond donors (Lipinski definition) is 1. The number of carbonyl (C=O) groups is 1. The highest BCUT2D eigenvalue weighted by Crippen LogP contribution is 2.38. The highest BCUT2D eigenvalue weighted by atomic mass is 16.5. The predicted octanol–water partition coefficient (Wildman–Crippen LogP) is 3.70. The summed E-state index contributed by atoms with van der Waals surface area (Å²) in [6.07, 6.45) is 1.59. The second-order valence-corrected chi connectivity index (χ2v) is 6.69. The van der Waals surface area contributed by atoms with Gasteiger partial charge < -0.3 is 14.6 Å². The van der Waals surface area contributed by atoms with Crippen molar-refractivity contribution in [1.29, 1.82) is 0 Å². The van der Waals surface area contributed by atoms with Crippen LogP contribution in [0.2, 0.25) is 0 Å². The Morgan fingerprint density at radius 1 is 1.15 bits per heavy atom. The summed E-state index contributed by atoms with van der Waals surface area (Å²) in [7, 11) is 0. The third-order valence-electron chi connectivity index (χ3n) is 4.48. The Hall–Kier alpha value is -3.15. The molecule has 6 nitrogen and oxygen atoms in total. The minimum atomic E-state index is -0.626. The molecule has 138 valence electrons. The Morgan fingerprint density at radius 3 is 2.56 bits per heavy atom. The molecular formula is C21H21N3O3. The van der Waals surface area contributed by atoms with Crippen LogP contribution in [0.3, 0.4) is 0 Å². The van der Waals surface area contributed by atoms with Crippen LogP contribution in [0.5, 0.6) is 5.75 Å². The monoisotopic (exact) mass is 363 g/mol. The molecule has 0 radical (unpaired) electrons. The second-order valence-electron chi connectivity index (χ2n) is 6.69. The van der Waals surface area contributed by atoms with E-state index in [4.69, 9.17) is 9.26 Å². The maximum atomic E-state index is 12.2. The van der Waals surface area contributed by atoms with E-state index in [-0.39, 0.29) is 12.5 Å². The fourth-order valence-corrected chi connectivity index (χ4v) is 2.77. The van der Waals surface area contributed by atoms with Gasteiger partial charge in [-0.15, -0.1) is 0 Å².